The quantitative estimate of drug-likeness (QED) is 0.657. The van der Waals surface area contributed by atoms with Crippen molar-refractivity contribution in [3.8, 4) is 11.8 Å². The highest BCUT2D eigenvalue weighted by Gasteiger charge is 2.63. The number of ketones is 1. The van der Waals surface area contributed by atoms with Gasteiger partial charge < -0.3 is 10.2 Å². The Bertz CT molecular complexity index is 798. The molecule has 0 bridgehead atoms. The minimum atomic E-state index is -1.26. The van der Waals surface area contributed by atoms with Crippen LogP contribution in [0.3, 0.4) is 0 Å². The molecule has 4 aliphatic rings. The minimum Gasteiger partial charge on any atom is -0.393 e. The topological polar surface area (TPSA) is 57.5 Å². The second kappa shape index (κ2) is 5.90. The molecule has 26 heavy (non-hydrogen) atoms. The number of allylic oxidation sites excluding steroid dienone is 6. The predicted molar refractivity (Wildman–Crippen MR) is 96.6 cm³/mol. The second-order valence-corrected chi connectivity index (χ2v) is 8.52. The van der Waals surface area contributed by atoms with Crippen LogP contribution < -0.4 is 0 Å². The molecule has 0 aromatic rings. The van der Waals surface area contributed by atoms with E-state index in [2.05, 4.69) is 17.9 Å². The van der Waals surface area contributed by atoms with E-state index in [1.807, 2.05) is 19.9 Å². The predicted octanol–water partition coefficient (Wildman–Crippen LogP) is 2.75. The molecule has 2 saturated carbocycles. The summed E-state index contributed by atoms with van der Waals surface area (Å²) in [6.45, 7) is 3.24. The lowest BCUT2D eigenvalue weighted by Crippen LogP contribution is -2.56. The molecule has 2 N–H and O–H groups in total. The number of alkyl halides is 1. The van der Waals surface area contributed by atoms with Crippen LogP contribution in [0.5, 0.6) is 0 Å². The standard InChI is InChI=1S/C22H25FO3/c1-13-10-17-18-6-8-22(26,7-3-9-23)21(18,2)12-19(25)20(17)15-5-4-14(24)11-16(13)15/h4-5,10-11,15,17-20,25-26H,6,8-9,12H2,1-2H3/t15?,17?,18?,19?,20?,21-,22-/m0/s1/i23-1. The van der Waals surface area contributed by atoms with Gasteiger partial charge in [-0.2, -0.15) is 0 Å². The van der Waals surface area contributed by atoms with Gasteiger partial charge in [0.1, 0.15) is 12.3 Å². The van der Waals surface area contributed by atoms with Gasteiger partial charge in [0, 0.05) is 17.3 Å². The third-order valence-corrected chi connectivity index (χ3v) is 7.37. The van der Waals surface area contributed by atoms with E-state index in [-0.39, 0.29) is 29.5 Å². The molecule has 0 radical (unpaired) electrons. The average Bonchev–Trinajstić information content (AvgIpc) is 2.85. The maximum Gasteiger partial charge on any atom is 0.178 e. The summed E-state index contributed by atoms with van der Waals surface area (Å²) in [5.74, 6) is 5.51. The third kappa shape index (κ3) is 2.30. The molecule has 5 unspecified atom stereocenters. The Kier molecular flexibility index (Phi) is 4.02. The first kappa shape index (κ1) is 17.7. The molecule has 0 aromatic carbocycles. The van der Waals surface area contributed by atoms with Gasteiger partial charge in [0.2, 0.25) is 0 Å². The molecule has 0 saturated heterocycles. The number of hydrogen-bond acceptors (Lipinski definition) is 3. The van der Waals surface area contributed by atoms with E-state index in [1.54, 1.807) is 12.2 Å². The van der Waals surface area contributed by atoms with E-state index >= 15 is 0 Å². The van der Waals surface area contributed by atoms with Crippen LogP contribution in [0, 0.1) is 40.9 Å². The Balaban J connectivity index is 1.78. The van der Waals surface area contributed by atoms with Gasteiger partial charge in [-0.3, -0.25) is 4.79 Å². The summed E-state index contributed by atoms with van der Waals surface area (Å²) >= 11 is 0. The van der Waals surface area contributed by atoms with E-state index < -0.39 is 23.8 Å². The van der Waals surface area contributed by atoms with Gasteiger partial charge in [-0.25, -0.2) is 4.39 Å². The van der Waals surface area contributed by atoms with E-state index in [0.717, 1.165) is 17.6 Å². The van der Waals surface area contributed by atoms with Gasteiger partial charge in [0.25, 0.3) is 0 Å². The molecule has 7 atom stereocenters. The van der Waals surface area contributed by atoms with Crippen molar-refractivity contribution in [3.63, 3.8) is 0 Å². The Labute approximate surface area is 153 Å². The van der Waals surface area contributed by atoms with Crippen LogP contribution in [-0.4, -0.2) is 34.4 Å². The zero-order valence-electron chi connectivity index (χ0n) is 15.2. The maximum absolute atomic E-state index is 12.6. The van der Waals surface area contributed by atoms with Crippen LogP contribution >= 0.6 is 0 Å². The van der Waals surface area contributed by atoms with Gasteiger partial charge in [-0.1, -0.05) is 36.5 Å². The number of fused-ring (bicyclic) bond motifs is 5. The molecule has 0 aliphatic heterocycles. The first-order chi connectivity index (χ1) is 12.3. The maximum atomic E-state index is 12.6. The van der Waals surface area contributed by atoms with Gasteiger partial charge in [0.15, 0.2) is 5.78 Å². The third-order valence-electron chi connectivity index (χ3n) is 7.37. The highest BCUT2D eigenvalue weighted by molar-refractivity contribution is 6.01. The second-order valence-electron chi connectivity index (χ2n) is 8.52. The van der Waals surface area contributed by atoms with Crippen molar-refractivity contribution in [2.75, 3.05) is 6.67 Å². The molecule has 4 rings (SSSR count). The molecular formula is C22H25FO3. The molecule has 4 heteroatoms. The molecule has 3 nitrogen and oxygen atoms in total. The van der Waals surface area contributed by atoms with Crippen LogP contribution in [0.25, 0.3) is 0 Å². The molecule has 0 amide bonds. The van der Waals surface area contributed by atoms with Crippen molar-refractivity contribution >= 4 is 5.78 Å². The molecule has 4 aliphatic carbocycles. The SMILES string of the molecule is CC1=CC2C(C(O)C[C@@]3(C)C2CC[C@@]3(O)C#CC[18F])C2C=CC(=O)C=C12. The molecule has 0 heterocycles. The van der Waals surface area contributed by atoms with Crippen LogP contribution in [-0.2, 0) is 4.79 Å². The van der Waals surface area contributed by atoms with E-state index in [0.29, 0.717) is 12.8 Å². The Morgan fingerprint density at radius 2 is 2.19 bits per heavy atom. The highest BCUT2D eigenvalue weighted by atomic mass is 18.2. The molecule has 2 fully saturated rings. The van der Waals surface area contributed by atoms with Gasteiger partial charge in [-0.15, -0.1) is 0 Å². The first-order valence-corrected chi connectivity index (χ1v) is 9.40. The van der Waals surface area contributed by atoms with Crippen molar-refractivity contribution in [2.45, 2.75) is 44.8 Å². The molecule has 0 aromatic heterocycles. The largest absolute Gasteiger partial charge is 0.393 e. The number of aliphatic hydroxyl groups excluding tert-OH is 1. The number of rotatable bonds is 0. The van der Waals surface area contributed by atoms with E-state index in [4.69, 9.17) is 0 Å². The summed E-state index contributed by atoms with van der Waals surface area (Å²) in [5, 5.41) is 22.2. The fourth-order valence-corrected chi connectivity index (χ4v) is 6.10. The first-order valence-electron chi connectivity index (χ1n) is 9.40. The van der Waals surface area contributed by atoms with E-state index in [9.17, 15) is 19.4 Å². The van der Waals surface area contributed by atoms with E-state index in [1.165, 1.54) is 0 Å². The summed E-state index contributed by atoms with van der Waals surface area (Å²) in [7, 11) is 0. The summed E-state index contributed by atoms with van der Waals surface area (Å²) in [6.07, 6.45) is 8.54. The fourth-order valence-electron chi connectivity index (χ4n) is 6.10. The van der Waals surface area contributed by atoms with Crippen molar-refractivity contribution in [1.82, 2.24) is 0 Å². The Morgan fingerprint density at radius 3 is 2.92 bits per heavy atom. The van der Waals surface area contributed by atoms with Gasteiger partial charge in [0.05, 0.1) is 6.10 Å². The number of carbonyl (C=O) groups is 1. The number of halogens is 1. The normalized spacial score (nSPS) is 46.3. The smallest absolute Gasteiger partial charge is 0.178 e. The van der Waals surface area contributed by atoms with Crippen molar-refractivity contribution in [3.05, 3.63) is 35.5 Å². The minimum absolute atomic E-state index is 0.00357. The van der Waals surface area contributed by atoms with Crippen molar-refractivity contribution in [2.24, 2.45) is 29.1 Å². The molecular weight excluding hydrogens is 330 g/mol. The summed E-state index contributed by atoms with van der Waals surface area (Å²) in [5.41, 5.74) is 0.260. The highest BCUT2D eigenvalue weighted by Crippen LogP contribution is 2.63. The summed E-state index contributed by atoms with van der Waals surface area (Å²) < 4.78 is 12.6. The molecule has 0 spiro atoms. The number of hydrogen-bond donors (Lipinski definition) is 2. The lowest BCUT2D eigenvalue weighted by molar-refractivity contribution is -0.119. The van der Waals surface area contributed by atoms with Crippen LogP contribution in [0.15, 0.2) is 35.5 Å². The number of aliphatic hydroxyl groups is 2. The Morgan fingerprint density at radius 1 is 1.42 bits per heavy atom. The van der Waals surface area contributed by atoms with Crippen LogP contribution in [0.2, 0.25) is 0 Å². The Hall–Kier alpha value is -1.70. The summed E-state index contributed by atoms with van der Waals surface area (Å²) in [4.78, 5) is 11.8. The lowest BCUT2D eigenvalue weighted by atomic mass is 9.51. The van der Waals surface area contributed by atoms with Crippen molar-refractivity contribution in [1.29, 1.82) is 0 Å². The van der Waals surface area contributed by atoms with Crippen LogP contribution in [0.4, 0.5) is 4.39 Å². The lowest BCUT2D eigenvalue weighted by Gasteiger charge is -2.55. The summed E-state index contributed by atoms with van der Waals surface area (Å²) in [6, 6.07) is 0. The monoisotopic (exact) mass is 355 g/mol. The number of carbonyl (C=O) groups excluding carboxylic acids is 1. The van der Waals surface area contributed by atoms with Gasteiger partial charge in [-0.05, 0) is 55.7 Å². The zero-order chi connectivity index (χ0) is 18.7. The average molecular weight is 355 g/mol. The van der Waals surface area contributed by atoms with Crippen molar-refractivity contribution < 1.29 is 19.4 Å². The van der Waals surface area contributed by atoms with Crippen LogP contribution in [0.1, 0.15) is 33.1 Å². The zero-order valence-corrected chi connectivity index (χ0v) is 15.2. The molecule has 138 valence electrons. The van der Waals surface area contributed by atoms with Gasteiger partial charge >= 0.3 is 0 Å². The fraction of sp³-hybridized carbons (Fsp3) is 0.591.